The van der Waals surface area contributed by atoms with E-state index in [0.29, 0.717) is 17.8 Å². The molecule has 0 bridgehead atoms. The number of nitrogens with zero attached hydrogens (tertiary/aromatic N) is 2. The molecule has 0 radical (unpaired) electrons. The molecule has 6 heteroatoms. The topological polar surface area (TPSA) is 85.2 Å². The van der Waals surface area contributed by atoms with Gasteiger partial charge in [-0.2, -0.15) is 5.26 Å². The highest BCUT2D eigenvalue weighted by Crippen LogP contribution is 2.30. The molecule has 2 amide bonds. The van der Waals surface area contributed by atoms with Gasteiger partial charge >= 0.3 is 0 Å². The van der Waals surface area contributed by atoms with Gasteiger partial charge in [0.15, 0.2) is 0 Å². The fourth-order valence-electron chi connectivity index (χ4n) is 3.28. The normalized spacial score (nSPS) is 19.6. The molecule has 2 rings (SSSR count). The third kappa shape index (κ3) is 6.16. The first kappa shape index (κ1) is 19.9. The van der Waals surface area contributed by atoms with Crippen molar-refractivity contribution in [1.29, 1.82) is 5.26 Å². The zero-order valence-corrected chi connectivity index (χ0v) is 15.6. The summed E-state index contributed by atoms with van der Waals surface area (Å²) in [5.74, 6) is 0.0353. The molecule has 26 heavy (non-hydrogen) atoms. The minimum atomic E-state index is -0.0708. The quantitative estimate of drug-likeness (QED) is 0.735. The van der Waals surface area contributed by atoms with Crippen LogP contribution in [0.4, 0.5) is 5.69 Å². The molecule has 6 nitrogen and oxygen atoms in total. The standard InChI is InChI=1S/C20H28N4O2/c1-24(2)12-4-11-22-19(25)16-7-9-17(10-8-16)20(26)23-18-6-3-5-15(13-18)14-21/h3,5-6,13,16-17H,4,7-12H2,1-2H3,(H,22,25)(H,23,26). The Balaban J connectivity index is 1.74. The van der Waals surface area contributed by atoms with E-state index in [9.17, 15) is 9.59 Å². The van der Waals surface area contributed by atoms with Crippen LogP contribution in [-0.4, -0.2) is 43.9 Å². The zero-order chi connectivity index (χ0) is 18.9. The summed E-state index contributed by atoms with van der Waals surface area (Å²) in [5.41, 5.74) is 1.17. The van der Waals surface area contributed by atoms with E-state index in [1.165, 1.54) is 0 Å². The zero-order valence-electron chi connectivity index (χ0n) is 15.6. The molecular weight excluding hydrogens is 328 g/mol. The Morgan fingerprint density at radius 1 is 1.15 bits per heavy atom. The first-order valence-corrected chi connectivity index (χ1v) is 9.23. The lowest BCUT2D eigenvalue weighted by molar-refractivity contribution is -0.128. The average Bonchev–Trinajstić information content (AvgIpc) is 2.65. The number of nitrogens with one attached hydrogen (secondary N) is 2. The predicted molar refractivity (Wildman–Crippen MR) is 101 cm³/mol. The molecule has 0 spiro atoms. The van der Waals surface area contributed by atoms with Crippen molar-refractivity contribution in [3.8, 4) is 6.07 Å². The number of benzene rings is 1. The maximum absolute atomic E-state index is 12.4. The van der Waals surface area contributed by atoms with E-state index in [0.717, 1.165) is 38.6 Å². The highest BCUT2D eigenvalue weighted by Gasteiger charge is 2.29. The Labute approximate surface area is 155 Å². The fraction of sp³-hybridized carbons (Fsp3) is 0.550. The Morgan fingerprint density at radius 2 is 1.81 bits per heavy atom. The van der Waals surface area contributed by atoms with Crippen molar-refractivity contribution in [3.05, 3.63) is 29.8 Å². The van der Waals surface area contributed by atoms with Gasteiger partial charge in [0.2, 0.25) is 11.8 Å². The molecule has 1 saturated carbocycles. The van der Waals surface area contributed by atoms with Crippen LogP contribution >= 0.6 is 0 Å². The van der Waals surface area contributed by atoms with Crippen molar-refractivity contribution in [3.63, 3.8) is 0 Å². The monoisotopic (exact) mass is 356 g/mol. The summed E-state index contributed by atoms with van der Waals surface area (Å²) in [4.78, 5) is 26.7. The minimum Gasteiger partial charge on any atom is -0.356 e. The van der Waals surface area contributed by atoms with Gasteiger partial charge in [-0.15, -0.1) is 0 Å². The van der Waals surface area contributed by atoms with E-state index in [1.807, 2.05) is 14.1 Å². The van der Waals surface area contributed by atoms with Gasteiger partial charge in [-0.3, -0.25) is 9.59 Å². The van der Waals surface area contributed by atoms with Crippen molar-refractivity contribution >= 4 is 17.5 Å². The van der Waals surface area contributed by atoms with Crippen LogP contribution in [0.25, 0.3) is 0 Å². The second-order valence-electron chi connectivity index (χ2n) is 7.18. The molecule has 1 aromatic carbocycles. The molecule has 0 aliphatic heterocycles. The molecule has 1 aliphatic rings. The number of anilines is 1. The molecular formula is C20H28N4O2. The lowest BCUT2D eigenvalue weighted by atomic mass is 9.81. The molecule has 0 atom stereocenters. The van der Waals surface area contributed by atoms with Crippen molar-refractivity contribution < 1.29 is 9.59 Å². The molecule has 2 N–H and O–H groups in total. The van der Waals surface area contributed by atoms with Gasteiger partial charge < -0.3 is 15.5 Å². The highest BCUT2D eigenvalue weighted by molar-refractivity contribution is 5.93. The van der Waals surface area contributed by atoms with Crippen LogP contribution in [0, 0.1) is 23.2 Å². The second-order valence-corrected chi connectivity index (χ2v) is 7.18. The van der Waals surface area contributed by atoms with Crippen LogP contribution in [-0.2, 0) is 9.59 Å². The third-order valence-corrected chi connectivity index (χ3v) is 4.81. The largest absolute Gasteiger partial charge is 0.356 e. The number of carbonyl (C=O) groups is 2. The van der Waals surface area contributed by atoms with Crippen LogP contribution < -0.4 is 10.6 Å². The number of hydrogen-bond donors (Lipinski definition) is 2. The minimum absolute atomic E-state index is 0.0142. The van der Waals surface area contributed by atoms with E-state index in [2.05, 4.69) is 21.6 Å². The summed E-state index contributed by atoms with van der Waals surface area (Å²) in [6.45, 7) is 1.66. The smallest absolute Gasteiger partial charge is 0.227 e. The van der Waals surface area contributed by atoms with Crippen LogP contribution in [0.5, 0.6) is 0 Å². The van der Waals surface area contributed by atoms with E-state index in [-0.39, 0.29) is 23.7 Å². The summed E-state index contributed by atoms with van der Waals surface area (Å²) in [6, 6.07) is 8.98. The number of carbonyl (C=O) groups excluding carboxylic acids is 2. The Kier molecular flexibility index (Phi) is 7.61. The van der Waals surface area contributed by atoms with Crippen LogP contribution in [0.2, 0.25) is 0 Å². The number of nitriles is 1. The van der Waals surface area contributed by atoms with Crippen molar-refractivity contribution in [2.75, 3.05) is 32.5 Å². The molecule has 1 aliphatic carbocycles. The van der Waals surface area contributed by atoms with E-state index in [1.54, 1.807) is 24.3 Å². The third-order valence-electron chi connectivity index (χ3n) is 4.81. The van der Waals surface area contributed by atoms with E-state index in [4.69, 9.17) is 5.26 Å². The summed E-state index contributed by atoms with van der Waals surface area (Å²) in [6.07, 6.45) is 3.88. The first-order valence-electron chi connectivity index (χ1n) is 9.23. The number of amides is 2. The lowest BCUT2D eigenvalue weighted by Gasteiger charge is -2.27. The Bertz CT molecular complexity index is 658. The molecule has 1 aromatic rings. The molecule has 0 heterocycles. The van der Waals surface area contributed by atoms with Crippen LogP contribution in [0.15, 0.2) is 24.3 Å². The van der Waals surface area contributed by atoms with Gasteiger partial charge in [0, 0.05) is 24.1 Å². The Morgan fingerprint density at radius 3 is 2.42 bits per heavy atom. The molecule has 1 fully saturated rings. The average molecular weight is 356 g/mol. The van der Waals surface area contributed by atoms with Gasteiger partial charge in [-0.1, -0.05) is 6.07 Å². The van der Waals surface area contributed by atoms with Gasteiger partial charge in [0.1, 0.15) is 0 Å². The van der Waals surface area contributed by atoms with Gasteiger partial charge in [-0.25, -0.2) is 0 Å². The number of rotatable bonds is 7. The summed E-state index contributed by atoms with van der Waals surface area (Å²) in [5, 5.41) is 14.8. The summed E-state index contributed by atoms with van der Waals surface area (Å²) < 4.78 is 0. The SMILES string of the molecule is CN(C)CCCNC(=O)C1CCC(C(=O)Nc2cccc(C#N)c2)CC1. The van der Waals surface area contributed by atoms with E-state index >= 15 is 0 Å². The van der Waals surface area contributed by atoms with Crippen molar-refractivity contribution in [1.82, 2.24) is 10.2 Å². The lowest BCUT2D eigenvalue weighted by Crippen LogP contribution is -2.36. The van der Waals surface area contributed by atoms with Crippen LogP contribution in [0.3, 0.4) is 0 Å². The number of hydrogen-bond acceptors (Lipinski definition) is 4. The maximum atomic E-state index is 12.4. The van der Waals surface area contributed by atoms with E-state index < -0.39 is 0 Å². The molecule has 0 unspecified atom stereocenters. The highest BCUT2D eigenvalue weighted by atomic mass is 16.2. The van der Waals surface area contributed by atoms with Gasteiger partial charge in [0.05, 0.1) is 11.6 Å². The van der Waals surface area contributed by atoms with Crippen molar-refractivity contribution in [2.24, 2.45) is 11.8 Å². The first-order chi connectivity index (χ1) is 12.5. The molecule has 0 aromatic heterocycles. The fourth-order valence-corrected chi connectivity index (χ4v) is 3.28. The predicted octanol–water partition coefficient (Wildman–Crippen LogP) is 2.37. The Hall–Kier alpha value is -2.39. The van der Waals surface area contributed by atoms with Gasteiger partial charge in [0.25, 0.3) is 0 Å². The molecule has 140 valence electrons. The van der Waals surface area contributed by atoms with Crippen LogP contribution in [0.1, 0.15) is 37.7 Å². The van der Waals surface area contributed by atoms with Crippen molar-refractivity contribution in [2.45, 2.75) is 32.1 Å². The summed E-state index contributed by atoms with van der Waals surface area (Å²) in [7, 11) is 4.04. The maximum Gasteiger partial charge on any atom is 0.227 e. The second kappa shape index (κ2) is 9.93. The van der Waals surface area contributed by atoms with Gasteiger partial charge in [-0.05, 0) is 70.9 Å². The molecule has 0 saturated heterocycles. The summed E-state index contributed by atoms with van der Waals surface area (Å²) >= 11 is 0.